The summed E-state index contributed by atoms with van der Waals surface area (Å²) in [4.78, 5) is 10.9. The molecule has 0 aromatic rings. The maximum Gasteiger partial charge on any atom is 0.293 e. The lowest BCUT2D eigenvalue weighted by Crippen LogP contribution is -2.50. The van der Waals surface area contributed by atoms with Gasteiger partial charge < -0.3 is 4.74 Å². The minimum atomic E-state index is 0.110. The van der Waals surface area contributed by atoms with Crippen molar-refractivity contribution >= 4 is 6.47 Å². The average Bonchev–Trinajstić information content (AvgIpc) is 3.11. The topological polar surface area (TPSA) is 26.3 Å². The van der Waals surface area contributed by atoms with Crippen molar-refractivity contribution in [2.75, 3.05) is 0 Å². The van der Waals surface area contributed by atoms with Gasteiger partial charge in [0.15, 0.2) is 0 Å². The van der Waals surface area contributed by atoms with Crippen LogP contribution < -0.4 is 0 Å². The minimum absolute atomic E-state index is 0.110. The van der Waals surface area contributed by atoms with Crippen molar-refractivity contribution in [2.45, 2.75) is 105 Å². The van der Waals surface area contributed by atoms with Gasteiger partial charge in [-0.2, -0.15) is 0 Å². The summed E-state index contributed by atoms with van der Waals surface area (Å²) in [5.74, 6) is 5.55. The van der Waals surface area contributed by atoms with Crippen LogP contribution >= 0.6 is 0 Å². The SMILES string of the molecule is CCC(/C=C/C(C)C1CCC2C3CC=C4CC(OC=O)CCC4(C)C3CCC12C)C(C)C. The van der Waals surface area contributed by atoms with Gasteiger partial charge in [-0.25, -0.2) is 0 Å². The molecule has 9 atom stereocenters. The molecule has 0 amide bonds. The highest BCUT2D eigenvalue weighted by Gasteiger charge is 2.59. The molecule has 0 saturated heterocycles. The van der Waals surface area contributed by atoms with Crippen molar-refractivity contribution in [1.82, 2.24) is 0 Å². The Bertz CT molecular complexity index is 735. The Morgan fingerprint density at radius 2 is 1.84 bits per heavy atom. The predicted molar refractivity (Wildman–Crippen MR) is 133 cm³/mol. The maximum absolute atomic E-state index is 10.9. The fraction of sp³-hybridized carbons (Fsp3) is 0.833. The summed E-state index contributed by atoms with van der Waals surface area (Å²) in [5, 5.41) is 0. The molecule has 0 bridgehead atoms. The summed E-state index contributed by atoms with van der Waals surface area (Å²) in [7, 11) is 0. The summed E-state index contributed by atoms with van der Waals surface area (Å²) in [6.07, 6.45) is 19.2. The Balaban J connectivity index is 1.50. The number of carbonyl (C=O) groups is 1. The number of fused-ring (bicyclic) bond motifs is 5. The van der Waals surface area contributed by atoms with Crippen LogP contribution in [0.2, 0.25) is 0 Å². The van der Waals surface area contributed by atoms with E-state index >= 15 is 0 Å². The molecule has 180 valence electrons. The monoisotopic (exact) mass is 440 g/mol. The van der Waals surface area contributed by atoms with E-state index in [-0.39, 0.29) is 6.10 Å². The summed E-state index contributed by atoms with van der Waals surface area (Å²) < 4.78 is 5.37. The molecule has 0 heterocycles. The van der Waals surface area contributed by atoms with Crippen LogP contribution in [0, 0.1) is 52.3 Å². The van der Waals surface area contributed by atoms with E-state index in [1.54, 1.807) is 5.57 Å². The van der Waals surface area contributed by atoms with E-state index < -0.39 is 0 Å². The molecule has 0 aromatic carbocycles. The van der Waals surface area contributed by atoms with Crippen LogP contribution in [-0.2, 0) is 9.53 Å². The lowest BCUT2D eigenvalue weighted by atomic mass is 9.47. The van der Waals surface area contributed by atoms with E-state index in [4.69, 9.17) is 4.74 Å². The maximum atomic E-state index is 10.9. The standard InChI is InChI=1S/C30H48O2/c1-7-22(20(2)3)9-8-21(4)26-12-13-27-25-11-10-23-18-24(32-19-31)14-16-29(23,5)28(25)15-17-30(26,27)6/h8-10,19-22,24-28H,7,11-18H2,1-6H3/b9-8+. The molecule has 3 fully saturated rings. The third kappa shape index (κ3) is 4.03. The number of allylic oxidation sites excluding steroid dienone is 3. The number of carbonyl (C=O) groups excluding carboxylic acids is 1. The second-order valence-electron chi connectivity index (χ2n) is 12.6. The van der Waals surface area contributed by atoms with Gasteiger partial charge in [-0.15, -0.1) is 0 Å². The number of hydrogen-bond acceptors (Lipinski definition) is 2. The molecule has 2 nitrogen and oxygen atoms in total. The van der Waals surface area contributed by atoms with Crippen molar-refractivity contribution in [3.05, 3.63) is 23.8 Å². The summed E-state index contributed by atoms with van der Waals surface area (Å²) in [6.45, 7) is 15.4. The summed E-state index contributed by atoms with van der Waals surface area (Å²) >= 11 is 0. The Morgan fingerprint density at radius 3 is 2.53 bits per heavy atom. The van der Waals surface area contributed by atoms with Crippen LogP contribution in [0.5, 0.6) is 0 Å². The molecule has 3 saturated carbocycles. The molecule has 0 radical (unpaired) electrons. The van der Waals surface area contributed by atoms with E-state index in [0.29, 0.717) is 23.2 Å². The largest absolute Gasteiger partial charge is 0.464 e. The van der Waals surface area contributed by atoms with Gasteiger partial charge in [-0.3, -0.25) is 4.79 Å². The Labute approximate surface area is 197 Å². The molecule has 0 aliphatic heterocycles. The number of hydrogen-bond donors (Lipinski definition) is 0. The van der Waals surface area contributed by atoms with Gasteiger partial charge in [-0.1, -0.05) is 65.3 Å². The van der Waals surface area contributed by atoms with Crippen LogP contribution in [0.1, 0.15) is 99.3 Å². The molecular formula is C30H48O2. The van der Waals surface area contributed by atoms with Gasteiger partial charge in [0, 0.05) is 6.42 Å². The third-order valence-electron chi connectivity index (χ3n) is 11.0. The van der Waals surface area contributed by atoms with Crippen LogP contribution in [0.25, 0.3) is 0 Å². The normalized spacial score (nSPS) is 43.2. The highest BCUT2D eigenvalue weighted by atomic mass is 16.5. The second kappa shape index (κ2) is 9.30. The van der Waals surface area contributed by atoms with Crippen LogP contribution in [0.3, 0.4) is 0 Å². The zero-order valence-electron chi connectivity index (χ0n) is 21.6. The van der Waals surface area contributed by atoms with Gasteiger partial charge in [0.25, 0.3) is 6.47 Å². The lowest BCUT2D eigenvalue weighted by Gasteiger charge is -2.58. The van der Waals surface area contributed by atoms with E-state index in [1.807, 2.05) is 0 Å². The summed E-state index contributed by atoms with van der Waals surface area (Å²) in [6, 6.07) is 0. The van der Waals surface area contributed by atoms with E-state index in [0.717, 1.165) is 48.3 Å². The van der Waals surface area contributed by atoms with Crippen LogP contribution in [0.15, 0.2) is 23.8 Å². The van der Waals surface area contributed by atoms with Crippen molar-refractivity contribution < 1.29 is 9.53 Å². The molecule has 0 spiro atoms. The zero-order valence-corrected chi connectivity index (χ0v) is 21.6. The molecule has 4 aliphatic rings. The number of ether oxygens (including phenoxy) is 1. The molecule has 32 heavy (non-hydrogen) atoms. The first-order valence-corrected chi connectivity index (χ1v) is 13.7. The van der Waals surface area contributed by atoms with Crippen molar-refractivity contribution in [2.24, 2.45) is 52.3 Å². The fourth-order valence-corrected chi connectivity index (χ4v) is 9.01. The molecule has 9 unspecified atom stereocenters. The molecule has 0 N–H and O–H groups in total. The third-order valence-corrected chi connectivity index (χ3v) is 11.0. The highest BCUT2D eigenvalue weighted by Crippen LogP contribution is 2.67. The van der Waals surface area contributed by atoms with Gasteiger partial charge in [0.05, 0.1) is 0 Å². The van der Waals surface area contributed by atoms with Crippen molar-refractivity contribution in [3.63, 3.8) is 0 Å². The molecule has 2 heteroatoms. The molecular weight excluding hydrogens is 392 g/mol. The fourth-order valence-electron chi connectivity index (χ4n) is 9.01. The molecule has 4 rings (SSSR count). The summed E-state index contributed by atoms with van der Waals surface area (Å²) in [5.41, 5.74) is 2.44. The van der Waals surface area contributed by atoms with Crippen molar-refractivity contribution in [3.8, 4) is 0 Å². The van der Waals surface area contributed by atoms with Crippen molar-refractivity contribution in [1.29, 1.82) is 0 Å². The highest BCUT2D eigenvalue weighted by molar-refractivity contribution is 5.38. The van der Waals surface area contributed by atoms with Gasteiger partial charge in [0.1, 0.15) is 6.10 Å². The lowest BCUT2D eigenvalue weighted by molar-refractivity contribution is -0.136. The molecule has 0 aromatic heterocycles. The van der Waals surface area contributed by atoms with Crippen LogP contribution in [-0.4, -0.2) is 12.6 Å². The van der Waals surface area contributed by atoms with Gasteiger partial charge >= 0.3 is 0 Å². The van der Waals surface area contributed by atoms with E-state index in [1.165, 1.54) is 44.9 Å². The second-order valence-corrected chi connectivity index (χ2v) is 12.6. The van der Waals surface area contributed by atoms with Gasteiger partial charge in [-0.05, 0) is 104 Å². The molecule has 4 aliphatic carbocycles. The predicted octanol–water partition coefficient (Wildman–Crippen LogP) is 7.98. The van der Waals surface area contributed by atoms with Gasteiger partial charge in [0.2, 0.25) is 0 Å². The first-order chi connectivity index (χ1) is 15.2. The minimum Gasteiger partial charge on any atom is -0.464 e. The Hall–Kier alpha value is -1.05. The average molecular weight is 441 g/mol. The van der Waals surface area contributed by atoms with Crippen LogP contribution in [0.4, 0.5) is 0 Å². The first kappa shape index (κ1) is 24.1. The Morgan fingerprint density at radius 1 is 1.06 bits per heavy atom. The first-order valence-electron chi connectivity index (χ1n) is 13.7. The zero-order chi connectivity index (χ0) is 23.1. The quantitative estimate of drug-likeness (QED) is 0.296. The van der Waals surface area contributed by atoms with E-state index in [2.05, 4.69) is 59.8 Å². The Kier molecular flexibility index (Phi) is 7.00. The van der Waals surface area contributed by atoms with E-state index in [9.17, 15) is 4.79 Å². The number of rotatable bonds is 7. The smallest absolute Gasteiger partial charge is 0.293 e.